The molecule has 2 aliphatic rings. The summed E-state index contributed by atoms with van der Waals surface area (Å²) in [7, 11) is 2.66. The fourth-order valence-corrected chi connectivity index (χ4v) is 7.46. The number of hydrogen-bond donors (Lipinski definition) is 3. The largest absolute Gasteiger partial charge is 0.469 e. The Bertz CT molecular complexity index is 2250. The second-order valence-electron chi connectivity index (χ2n) is 15.1. The number of allylic oxidation sites excluding steroid dienone is 1. The van der Waals surface area contributed by atoms with Gasteiger partial charge in [-0.3, -0.25) is 24.2 Å². The van der Waals surface area contributed by atoms with Gasteiger partial charge in [0.1, 0.15) is 5.60 Å². The molecule has 0 radical (unpaired) electrons. The van der Waals surface area contributed by atoms with E-state index in [2.05, 4.69) is 41.8 Å². The van der Waals surface area contributed by atoms with Crippen LogP contribution in [0.2, 0.25) is 0 Å². The highest BCUT2D eigenvalue weighted by Gasteiger charge is 2.36. The summed E-state index contributed by atoms with van der Waals surface area (Å²) in [6.45, 7) is 19.5. The number of amides is 1. The molecule has 0 spiro atoms. The minimum absolute atomic E-state index is 0.0226. The van der Waals surface area contributed by atoms with Gasteiger partial charge in [-0.25, -0.2) is 4.98 Å². The van der Waals surface area contributed by atoms with Crippen molar-refractivity contribution in [2.24, 2.45) is 0 Å². The molecule has 0 saturated heterocycles. The van der Waals surface area contributed by atoms with E-state index in [0.29, 0.717) is 28.9 Å². The lowest BCUT2D eigenvalue weighted by Crippen LogP contribution is -2.30. The van der Waals surface area contributed by atoms with Gasteiger partial charge in [0.15, 0.2) is 0 Å². The number of rotatable bonds is 11. The zero-order valence-corrected chi connectivity index (χ0v) is 33.7. The minimum Gasteiger partial charge on any atom is -0.469 e. The van der Waals surface area contributed by atoms with Crippen molar-refractivity contribution in [1.82, 2.24) is 25.3 Å². The number of aryl methyl sites for hydroxylation is 3. The summed E-state index contributed by atoms with van der Waals surface area (Å²) in [5.74, 6) is -2.35. The Labute approximate surface area is 322 Å². The first-order valence-corrected chi connectivity index (χ1v) is 18.7. The number of carbonyl (C=O) groups is 4. The van der Waals surface area contributed by atoms with Crippen LogP contribution in [0.1, 0.15) is 123 Å². The molecule has 5 rings (SSSR count). The lowest BCUT2D eigenvalue weighted by atomic mass is 9.84. The third-order valence-corrected chi connectivity index (χ3v) is 10.4. The first-order valence-electron chi connectivity index (χ1n) is 18.7. The summed E-state index contributed by atoms with van der Waals surface area (Å²) in [5, 5.41) is 2.89. The third kappa shape index (κ3) is 8.58. The lowest BCUT2D eigenvalue weighted by molar-refractivity contribution is -0.154. The summed E-state index contributed by atoms with van der Waals surface area (Å²) < 4.78 is 15.7. The van der Waals surface area contributed by atoms with Crippen LogP contribution in [-0.2, 0) is 46.2 Å². The van der Waals surface area contributed by atoms with Crippen molar-refractivity contribution in [3.05, 3.63) is 75.4 Å². The zero-order valence-electron chi connectivity index (χ0n) is 33.7. The van der Waals surface area contributed by atoms with Crippen LogP contribution >= 0.6 is 0 Å². The summed E-state index contributed by atoms with van der Waals surface area (Å²) in [6.07, 6.45) is 2.79. The van der Waals surface area contributed by atoms with Crippen LogP contribution in [-0.4, -0.2) is 70.1 Å². The van der Waals surface area contributed by atoms with Crippen LogP contribution in [0.3, 0.4) is 0 Å². The highest BCUT2D eigenvalue weighted by atomic mass is 16.6. The molecular formula is C43H53N5O7. The highest BCUT2D eigenvalue weighted by molar-refractivity contribution is 6.27. The third-order valence-electron chi connectivity index (χ3n) is 10.4. The van der Waals surface area contributed by atoms with Gasteiger partial charge in [-0.05, 0) is 94.8 Å². The van der Waals surface area contributed by atoms with Crippen LogP contribution in [0, 0.1) is 13.8 Å². The Morgan fingerprint density at radius 1 is 0.873 bits per heavy atom. The van der Waals surface area contributed by atoms with E-state index in [1.165, 1.54) is 14.2 Å². The van der Waals surface area contributed by atoms with Gasteiger partial charge in [-0.15, -0.1) is 0 Å². The van der Waals surface area contributed by atoms with Gasteiger partial charge in [0.05, 0.1) is 49.7 Å². The number of methoxy groups -OCH3 is 2. The number of fused-ring (bicyclic) bond motifs is 8. The predicted octanol–water partition coefficient (Wildman–Crippen LogP) is 7.47. The second-order valence-corrected chi connectivity index (χ2v) is 15.1. The van der Waals surface area contributed by atoms with Crippen molar-refractivity contribution in [2.75, 3.05) is 20.8 Å². The molecule has 1 amide bonds. The molecule has 0 fully saturated rings. The number of aromatic amines is 2. The minimum atomic E-state index is -0.667. The molecule has 55 heavy (non-hydrogen) atoms. The van der Waals surface area contributed by atoms with Crippen molar-refractivity contribution in [3.63, 3.8) is 0 Å². The van der Waals surface area contributed by atoms with E-state index in [1.54, 1.807) is 20.8 Å². The molecule has 2 atom stereocenters. The zero-order chi connectivity index (χ0) is 40.4. The first-order chi connectivity index (χ1) is 26.0. The van der Waals surface area contributed by atoms with E-state index in [-0.39, 0.29) is 54.9 Å². The number of esters is 3. The van der Waals surface area contributed by atoms with Gasteiger partial charge in [-0.1, -0.05) is 26.5 Å². The highest BCUT2D eigenvalue weighted by Crippen LogP contribution is 2.44. The van der Waals surface area contributed by atoms with Gasteiger partial charge in [0.25, 0.3) is 5.91 Å². The standard InChI is InChI=1S/C43H53N5O7/c1-12-26-22(3)30-19-32-24(5)28(14-15-36(49)53-10)40(47-32)29(18-38(51)54-11)41-39(42(52)44-17-16-37(50)55-43(7,8)9)25(6)33(48-41)21-35-27(13-2)23(4)31(46-35)20-34(26)45-30/h12,19-21,24,28,45-46H,1,13-18H2,2-11H3,(H,44,52)/t24-,28-/m0/s1. The Balaban J connectivity index is 1.88. The predicted molar refractivity (Wildman–Crippen MR) is 214 cm³/mol. The van der Waals surface area contributed by atoms with E-state index >= 15 is 0 Å². The summed E-state index contributed by atoms with van der Waals surface area (Å²) in [5.41, 5.74) is 10.3. The van der Waals surface area contributed by atoms with Crippen LogP contribution < -0.4 is 5.32 Å². The van der Waals surface area contributed by atoms with Crippen molar-refractivity contribution in [3.8, 4) is 0 Å². The molecule has 3 N–H and O–H groups in total. The second kappa shape index (κ2) is 16.5. The van der Waals surface area contributed by atoms with E-state index < -0.39 is 23.4 Å². The van der Waals surface area contributed by atoms with E-state index in [1.807, 2.05) is 39.0 Å². The lowest BCUT2D eigenvalue weighted by Gasteiger charge is -2.19. The van der Waals surface area contributed by atoms with E-state index in [4.69, 9.17) is 24.2 Å². The Morgan fingerprint density at radius 3 is 2.18 bits per heavy atom. The fourth-order valence-electron chi connectivity index (χ4n) is 7.46. The molecule has 0 unspecified atom stereocenters. The Morgan fingerprint density at radius 2 is 1.55 bits per heavy atom. The molecule has 8 bridgehead atoms. The average molecular weight is 752 g/mol. The van der Waals surface area contributed by atoms with Crippen LogP contribution in [0.25, 0.3) is 39.3 Å². The topological polar surface area (TPSA) is 165 Å². The first kappa shape index (κ1) is 40.7. The molecular weight excluding hydrogens is 699 g/mol. The maximum atomic E-state index is 14.3. The molecule has 2 aliphatic heterocycles. The summed E-state index contributed by atoms with van der Waals surface area (Å²) >= 11 is 0. The SMILES string of the molecule is C=Cc1c(C)c2cc3nc(c(CC(=O)OC)c4nc(cc5[nH]c(cc1[nH]2)c(C)c5CC)C(C)=C4C(=O)NCCC(=O)OC(C)(C)C)[C@@H](CCC(=O)OC)[C@@H]3C. The van der Waals surface area contributed by atoms with Crippen molar-refractivity contribution in [1.29, 1.82) is 0 Å². The molecule has 3 aromatic heterocycles. The average Bonchev–Trinajstić information content (AvgIpc) is 3.81. The number of nitrogens with one attached hydrogen (secondary N) is 3. The van der Waals surface area contributed by atoms with Crippen molar-refractivity contribution >= 4 is 63.1 Å². The number of nitrogens with zero attached hydrogens (tertiary/aromatic N) is 2. The summed E-state index contributed by atoms with van der Waals surface area (Å²) in [4.78, 5) is 70.1. The smallest absolute Gasteiger partial charge is 0.310 e. The van der Waals surface area contributed by atoms with Gasteiger partial charge < -0.3 is 29.5 Å². The Hall–Kier alpha value is -5.52. The molecule has 5 heterocycles. The number of H-pyrrole nitrogens is 2. The fraction of sp³-hybridized carbons (Fsp3) is 0.442. The van der Waals surface area contributed by atoms with Gasteiger partial charge in [0, 0.05) is 63.7 Å². The van der Waals surface area contributed by atoms with E-state index in [9.17, 15) is 19.2 Å². The quantitative estimate of drug-likeness (QED) is 0.133. The molecule has 0 aliphatic carbocycles. The maximum Gasteiger partial charge on any atom is 0.310 e. The maximum absolute atomic E-state index is 14.3. The number of aromatic nitrogens is 4. The van der Waals surface area contributed by atoms with Crippen LogP contribution in [0.5, 0.6) is 0 Å². The van der Waals surface area contributed by atoms with Gasteiger partial charge in [-0.2, -0.15) is 0 Å². The van der Waals surface area contributed by atoms with Gasteiger partial charge >= 0.3 is 17.9 Å². The number of hydrogen-bond acceptors (Lipinski definition) is 9. The molecule has 3 aromatic rings. The van der Waals surface area contributed by atoms with Crippen molar-refractivity contribution < 1.29 is 33.4 Å². The monoisotopic (exact) mass is 751 g/mol. The molecule has 292 valence electrons. The molecule has 12 nitrogen and oxygen atoms in total. The molecule has 0 aromatic carbocycles. The normalized spacial score (nSPS) is 15.5. The number of ether oxygens (including phenoxy) is 3. The Kier molecular flexibility index (Phi) is 12.2. The molecule has 12 heteroatoms. The van der Waals surface area contributed by atoms with Crippen LogP contribution in [0.15, 0.2) is 24.8 Å². The summed E-state index contributed by atoms with van der Waals surface area (Å²) in [6, 6.07) is 6.01. The van der Waals surface area contributed by atoms with Crippen LogP contribution in [0.4, 0.5) is 0 Å². The van der Waals surface area contributed by atoms with E-state index in [0.717, 1.165) is 56.4 Å². The van der Waals surface area contributed by atoms with Gasteiger partial charge in [0.2, 0.25) is 0 Å². The van der Waals surface area contributed by atoms with Crippen molar-refractivity contribution in [2.45, 2.75) is 105 Å². The molecule has 0 saturated carbocycles. The number of carbonyl (C=O) groups excluding carboxylic acids is 4.